The van der Waals surface area contributed by atoms with E-state index in [1.54, 1.807) is 40.0 Å². The molecule has 1 unspecified atom stereocenters. The van der Waals surface area contributed by atoms with Crippen LogP contribution in [-0.2, 0) is 11.8 Å². The Bertz CT molecular complexity index is 954. The lowest BCUT2D eigenvalue weighted by Crippen LogP contribution is -2.58. The number of piperazine rings is 1. The van der Waals surface area contributed by atoms with Crippen molar-refractivity contribution in [2.24, 2.45) is 7.05 Å². The monoisotopic (exact) mass is 392 g/mol. The number of hydrogen-bond acceptors (Lipinski definition) is 5. The van der Waals surface area contributed by atoms with Crippen LogP contribution in [0.4, 0.5) is 5.69 Å². The van der Waals surface area contributed by atoms with Crippen LogP contribution < -0.4 is 4.90 Å². The van der Waals surface area contributed by atoms with Gasteiger partial charge in [-0.1, -0.05) is 12.1 Å². The van der Waals surface area contributed by atoms with Gasteiger partial charge in [-0.05, 0) is 25.0 Å². The highest BCUT2D eigenvalue weighted by Gasteiger charge is 2.36. The number of benzene rings is 1. The third-order valence-corrected chi connectivity index (χ3v) is 5.73. The third-order valence-electron chi connectivity index (χ3n) is 5.73. The molecule has 0 saturated carbocycles. The molecule has 0 bridgehead atoms. The largest absolute Gasteiger partial charge is 0.336 e. The molecule has 2 aliphatic heterocycles. The molecule has 150 valence electrons. The Morgan fingerprint density at radius 2 is 1.93 bits per heavy atom. The Kier molecular flexibility index (Phi) is 5.32. The van der Waals surface area contributed by atoms with Gasteiger partial charge in [0, 0.05) is 46.0 Å². The summed E-state index contributed by atoms with van der Waals surface area (Å²) in [5, 5.41) is 13.4. The van der Waals surface area contributed by atoms with E-state index in [9.17, 15) is 14.9 Å². The first kappa shape index (κ1) is 19.2. The molecular formula is C21H24N6O2. The summed E-state index contributed by atoms with van der Waals surface area (Å²) < 4.78 is 1.70. The average Bonchev–Trinajstić information content (AvgIpc) is 3.19. The summed E-state index contributed by atoms with van der Waals surface area (Å²) in [6.45, 7) is 3.12. The predicted molar refractivity (Wildman–Crippen MR) is 107 cm³/mol. The Balaban J connectivity index is 1.41. The van der Waals surface area contributed by atoms with E-state index in [-0.39, 0.29) is 17.9 Å². The number of carbonyl (C=O) groups excluding carboxylic acids is 2. The van der Waals surface area contributed by atoms with Gasteiger partial charge in [0.2, 0.25) is 5.91 Å². The molecule has 2 amide bonds. The second kappa shape index (κ2) is 8.05. The molecule has 2 fully saturated rings. The van der Waals surface area contributed by atoms with Crippen molar-refractivity contribution in [3.05, 3.63) is 47.8 Å². The summed E-state index contributed by atoms with van der Waals surface area (Å²) >= 11 is 0. The molecule has 1 aromatic carbocycles. The first-order valence-corrected chi connectivity index (χ1v) is 9.91. The van der Waals surface area contributed by atoms with Crippen LogP contribution >= 0.6 is 0 Å². The van der Waals surface area contributed by atoms with Gasteiger partial charge >= 0.3 is 0 Å². The molecule has 8 nitrogen and oxygen atoms in total. The minimum Gasteiger partial charge on any atom is -0.336 e. The van der Waals surface area contributed by atoms with Crippen molar-refractivity contribution in [1.29, 1.82) is 5.26 Å². The molecule has 1 atom stereocenters. The van der Waals surface area contributed by atoms with E-state index in [0.717, 1.165) is 18.5 Å². The molecule has 2 aromatic rings. The second-order valence-electron chi connectivity index (χ2n) is 7.51. The first-order chi connectivity index (χ1) is 14.1. The lowest BCUT2D eigenvalue weighted by atomic mass is 10.0. The fraction of sp³-hybridized carbons (Fsp3) is 0.429. The van der Waals surface area contributed by atoms with Crippen LogP contribution in [-0.4, -0.2) is 70.2 Å². The fourth-order valence-electron chi connectivity index (χ4n) is 4.17. The lowest BCUT2D eigenvalue weighted by molar-refractivity contribution is -0.126. The van der Waals surface area contributed by atoms with E-state index < -0.39 is 0 Å². The number of aromatic nitrogens is 2. The molecular weight excluding hydrogens is 368 g/mol. The second-order valence-corrected chi connectivity index (χ2v) is 7.51. The number of anilines is 1. The summed E-state index contributed by atoms with van der Waals surface area (Å²) in [5.74, 6) is -0.00684. The number of piperidine rings is 1. The zero-order valence-corrected chi connectivity index (χ0v) is 16.5. The van der Waals surface area contributed by atoms with Crippen molar-refractivity contribution in [2.75, 3.05) is 37.6 Å². The maximum Gasteiger partial charge on any atom is 0.255 e. The molecule has 29 heavy (non-hydrogen) atoms. The zero-order chi connectivity index (χ0) is 20.4. The average molecular weight is 392 g/mol. The minimum absolute atomic E-state index is 0.110. The number of amides is 2. The van der Waals surface area contributed by atoms with Crippen LogP contribution in [0.5, 0.6) is 0 Å². The summed E-state index contributed by atoms with van der Waals surface area (Å²) in [7, 11) is 1.84. The van der Waals surface area contributed by atoms with Crippen molar-refractivity contribution >= 4 is 17.5 Å². The number of nitrogens with zero attached hydrogens (tertiary/aromatic N) is 6. The quantitative estimate of drug-likeness (QED) is 0.785. The predicted octanol–water partition coefficient (Wildman–Crippen LogP) is 1.25. The third kappa shape index (κ3) is 3.74. The van der Waals surface area contributed by atoms with Gasteiger partial charge in [-0.25, -0.2) is 0 Å². The number of aryl methyl sites for hydroxylation is 1. The Morgan fingerprint density at radius 1 is 1.17 bits per heavy atom. The van der Waals surface area contributed by atoms with Crippen LogP contribution in [0, 0.1) is 11.3 Å². The standard InChI is InChI=1S/C21H24N6O2/c1-24-15-17(14-23-24)27-8-4-7-19(21(27)29)25-9-11-26(12-10-25)20(28)18-6-3-2-5-16(18)13-22/h2-3,5-6,14-15,19H,4,7-12H2,1H3. The van der Waals surface area contributed by atoms with E-state index in [1.807, 2.05) is 18.1 Å². The smallest absolute Gasteiger partial charge is 0.255 e. The van der Waals surface area contributed by atoms with E-state index >= 15 is 0 Å². The zero-order valence-electron chi connectivity index (χ0n) is 16.5. The number of carbonyl (C=O) groups is 2. The molecule has 4 rings (SSSR count). The summed E-state index contributed by atoms with van der Waals surface area (Å²) in [6, 6.07) is 8.83. The number of hydrogen-bond donors (Lipinski definition) is 0. The maximum atomic E-state index is 13.1. The van der Waals surface area contributed by atoms with E-state index in [0.29, 0.717) is 43.9 Å². The molecule has 0 radical (unpaired) electrons. The molecule has 3 heterocycles. The molecule has 2 aliphatic rings. The van der Waals surface area contributed by atoms with Crippen LogP contribution in [0.3, 0.4) is 0 Å². The van der Waals surface area contributed by atoms with Crippen molar-refractivity contribution in [3.63, 3.8) is 0 Å². The minimum atomic E-state index is -0.160. The van der Waals surface area contributed by atoms with Gasteiger partial charge in [0.15, 0.2) is 0 Å². The molecule has 0 spiro atoms. The summed E-state index contributed by atoms with van der Waals surface area (Å²) in [5.41, 5.74) is 1.68. The SMILES string of the molecule is Cn1cc(N2CCCC(N3CCN(C(=O)c4ccccc4C#N)CC3)C2=O)cn1. The van der Waals surface area contributed by atoms with Crippen LogP contribution in [0.1, 0.15) is 28.8 Å². The van der Waals surface area contributed by atoms with E-state index in [2.05, 4.69) is 16.1 Å². The highest BCUT2D eigenvalue weighted by Crippen LogP contribution is 2.24. The fourth-order valence-corrected chi connectivity index (χ4v) is 4.17. The normalized spacial score (nSPS) is 20.6. The van der Waals surface area contributed by atoms with Crippen molar-refractivity contribution < 1.29 is 9.59 Å². The summed E-state index contributed by atoms with van der Waals surface area (Å²) in [6.07, 6.45) is 5.37. The maximum absolute atomic E-state index is 13.1. The van der Waals surface area contributed by atoms with Gasteiger partial charge in [0.05, 0.1) is 35.1 Å². The van der Waals surface area contributed by atoms with Crippen LogP contribution in [0.25, 0.3) is 0 Å². The van der Waals surface area contributed by atoms with Gasteiger partial charge in [-0.15, -0.1) is 0 Å². The van der Waals surface area contributed by atoms with Gasteiger partial charge in [-0.2, -0.15) is 10.4 Å². The van der Waals surface area contributed by atoms with Gasteiger partial charge in [-0.3, -0.25) is 19.2 Å². The Morgan fingerprint density at radius 3 is 2.62 bits per heavy atom. The molecule has 2 saturated heterocycles. The Labute approximate surface area is 169 Å². The molecule has 0 N–H and O–H groups in total. The molecule has 0 aliphatic carbocycles. The van der Waals surface area contributed by atoms with Crippen molar-refractivity contribution in [2.45, 2.75) is 18.9 Å². The number of nitriles is 1. The highest BCUT2D eigenvalue weighted by atomic mass is 16.2. The number of rotatable bonds is 3. The topological polar surface area (TPSA) is 85.5 Å². The van der Waals surface area contributed by atoms with Crippen molar-refractivity contribution in [1.82, 2.24) is 19.6 Å². The molecule has 8 heteroatoms. The highest BCUT2D eigenvalue weighted by molar-refractivity contribution is 5.98. The van der Waals surface area contributed by atoms with Gasteiger partial charge in [0.25, 0.3) is 5.91 Å². The van der Waals surface area contributed by atoms with Crippen LogP contribution in [0.2, 0.25) is 0 Å². The van der Waals surface area contributed by atoms with Crippen molar-refractivity contribution in [3.8, 4) is 6.07 Å². The molecule has 1 aromatic heterocycles. The Hall–Kier alpha value is -3.18. The van der Waals surface area contributed by atoms with Gasteiger partial charge < -0.3 is 9.80 Å². The first-order valence-electron chi connectivity index (χ1n) is 9.91. The lowest BCUT2D eigenvalue weighted by Gasteiger charge is -2.42. The van der Waals surface area contributed by atoms with Gasteiger partial charge in [0.1, 0.15) is 0 Å². The van der Waals surface area contributed by atoms with E-state index in [1.165, 1.54) is 0 Å². The van der Waals surface area contributed by atoms with E-state index in [4.69, 9.17) is 0 Å². The summed E-state index contributed by atoms with van der Waals surface area (Å²) in [4.78, 5) is 31.7. The van der Waals surface area contributed by atoms with Crippen LogP contribution in [0.15, 0.2) is 36.7 Å².